The van der Waals surface area contributed by atoms with E-state index in [1.165, 1.54) is 6.07 Å². The molecule has 84 valence electrons. The van der Waals surface area contributed by atoms with Crippen LogP contribution in [0.25, 0.3) is 0 Å². The first kappa shape index (κ1) is 12.5. The lowest BCUT2D eigenvalue weighted by atomic mass is 10.3. The van der Waals surface area contributed by atoms with E-state index in [0.29, 0.717) is 5.02 Å². The van der Waals surface area contributed by atoms with Crippen molar-refractivity contribution in [2.24, 2.45) is 0 Å². The molecule has 1 aromatic heterocycles. The second-order valence-electron chi connectivity index (χ2n) is 3.24. The van der Waals surface area contributed by atoms with Crippen molar-refractivity contribution in [3.8, 4) is 0 Å². The number of nitrogens with zero attached hydrogens (tertiary/aromatic N) is 1. The number of carboxylic acids is 1. The fraction of sp³-hybridized carbons (Fsp3) is 0.500. The molecule has 0 radical (unpaired) electrons. The average Bonchev–Trinajstić information content (AvgIpc) is 2.55. The number of halogens is 1. The van der Waals surface area contributed by atoms with E-state index in [4.69, 9.17) is 16.7 Å². The summed E-state index contributed by atoms with van der Waals surface area (Å²) in [4.78, 5) is 10.8. The molecule has 0 spiro atoms. The topological polar surface area (TPSA) is 42.2 Å². The maximum Gasteiger partial charge on any atom is 0.352 e. The molecule has 1 aromatic rings. The zero-order valence-corrected chi connectivity index (χ0v) is 10.1. The van der Waals surface area contributed by atoms with Gasteiger partial charge in [0.15, 0.2) is 0 Å². The molecule has 0 unspecified atom stereocenters. The molecule has 0 saturated heterocycles. The molecule has 1 rings (SSSR count). The Morgan fingerprint density at radius 1 is 1.60 bits per heavy atom. The summed E-state index contributed by atoms with van der Waals surface area (Å²) in [5.41, 5.74) is 0.268. The largest absolute Gasteiger partial charge is 0.477 e. The van der Waals surface area contributed by atoms with E-state index < -0.39 is 5.97 Å². The molecule has 0 saturated carbocycles. The highest BCUT2D eigenvalue weighted by Gasteiger charge is 2.10. The SMILES string of the molecule is CSCCCCn1cc(Cl)cc1C(=O)O. The Morgan fingerprint density at radius 2 is 2.33 bits per heavy atom. The first-order valence-electron chi connectivity index (χ1n) is 4.73. The van der Waals surface area contributed by atoms with Gasteiger partial charge in [0, 0.05) is 12.7 Å². The van der Waals surface area contributed by atoms with Gasteiger partial charge in [-0.05, 0) is 30.9 Å². The van der Waals surface area contributed by atoms with Crippen LogP contribution in [0, 0.1) is 0 Å². The van der Waals surface area contributed by atoms with Gasteiger partial charge in [-0.25, -0.2) is 4.79 Å². The summed E-state index contributed by atoms with van der Waals surface area (Å²) < 4.78 is 1.70. The van der Waals surface area contributed by atoms with Gasteiger partial charge in [0.1, 0.15) is 5.69 Å². The number of aryl methyl sites for hydroxylation is 1. The number of hydrogen-bond acceptors (Lipinski definition) is 2. The van der Waals surface area contributed by atoms with Crippen molar-refractivity contribution in [1.82, 2.24) is 4.57 Å². The summed E-state index contributed by atoms with van der Waals surface area (Å²) >= 11 is 7.56. The van der Waals surface area contributed by atoms with Gasteiger partial charge < -0.3 is 9.67 Å². The fourth-order valence-corrected chi connectivity index (χ4v) is 2.08. The highest BCUT2D eigenvalue weighted by Crippen LogP contribution is 2.15. The first-order chi connectivity index (χ1) is 7.15. The summed E-state index contributed by atoms with van der Waals surface area (Å²) in [6.07, 6.45) is 5.81. The van der Waals surface area contributed by atoms with Crippen LogP contribution < -0.4 is 0 Å². The predicted molar refractivity (Wildman–Crippen MR) is 64.0 cm³/mol. The number of aromatic carboxylic acids is 1. The highest BCUT2D eigenvalue weighted by atomic mass is 35.5. The lowest BCUT2D eigenvalue weighted by Crippen LogP contribution is -2.07. The maximum atomic E-state index is 10.8. The second kappa shape index (κ2) is 6.08. The Balaban J connectivity index is 2.55. The van der Waals surface area contributed by atoms with Crippen molar-refractivity contribution in [1.29, 1.82) is 0 Å². The molecule has 0 atom stereocenters. The van der Waals surface area contributed by atoms with Crippen molar-refractivity contribution in [3.63, 3.8) is 0 Å². The van der Waals surface area contributed by atoms with Gasteiger partial charge in [-0.2, -0.15) is 11.8 Å². The molecule has 0 bridgehead atoms. The molecule has 15 heavy (non-hydrogen) atoms. The zero-order chi connectivity index (χ0) is 11.3. The number of carboxylic acid groups (broad SMARTS) is 1. The second-order valence-corrected chi connectivity index (χ2v) is 4.66. The maximum absolute atomic E-state index is 10.8. The summed E-state index contributed by atoms with van der Waals surface area (Å²) in [6, 6.07) is 1.48. The summed E-state index contributed by atoms with van der Waals surface area (Å²) in [7, 11) is 0. The minimum Gasteiger partial charge on any atom is -0.477 e. The molecule has 0 aliphatic carbocycles. The summed E-state index contributed by atoms with van der Waals surface area (Å²) in [6.45, 7) is 0.717. The molecule has 3 nitrogen and oxygen atoms in total. The lowest BCUT2D eigenvalue weighted by Gasteiger charge is -2.05. The van der Waals surface area contributed by atoms with E-state index in [1.807, 2.05) is 0 Å². The van der Waals surface area contributed by atoms with E-state index in [-0.39, 0.29) is 5.69 Å². The summed E-state index contributed by atoms with van der Waals surface area (Å²) in [5.74, 6) is 0.184. The van der Waals surface area contributed by atoms with Crippen LogP contribution in [0.2, 0.25) is 5.02 Å². The van der Waals surface area contributed by atoms with Gasteiger partial charge in [0.25, 0.3) is 0 Å². The third-order valence-electron chi connectivity index (χ3n) is 2.08. The fourth-order valence-electron chi connectivity index (χ4n) is 1.37. The van der Waals surface area contributed by atoms with E-state index >= 15 is 0 Å². The average molecular weight is 248 g/mol. The Bertz CT molecular complexity index is 338. The van der Waals surface area contributed by atoms with Crippen LogP contribution >= 0.6 is 23.4 Å². The summed E-state index contributed by atoms with van der Waals surface area (Å²) in [5, 5.41) is 9.38. The lowest BCUT2D eigenvalue weighted by molar-refractivity contribution is 0.0685. The number of thioether (sulfide) groups is 1. The minimum absolute atomic E-state index is 0.268. The number of rotatable bonds is 6. The number of unbranched alkanes of at least 4 members (excludes halogenated alkanes) is 1. The molecule has 0 aromatic carbocycles. The molecular formula is C10H14ClNO2S. The van der Waals surface area contributed by atoms with Gasteiger partial charge in [-0.1, -0.05) is 11.6 Å². The van der Waals surface area contributed by atoms with Crippen molar-refractivity contribution in [2.45, 2.75) is 19.4 Å². The molecule has 0 fully saturated rings. The smallest absolute Gasteiger partial charge is 0.352 e. The minimum atomic E-state index is -0.924. The van der Waals surface area contributed by atoms with Gasteiger partial charge in [0.2, 0.25) is 0 Å². The monoisotopic (exact) mass is 247 g/mol. The van der Waals surface area contributed by atoms with E-state index in [9.17, 15) is 4.79 Å². The molecule has 0 aliphatic heterocycles. The molecule has 5 heteroatoms. The Labute approximate surface area is 98.4 Å². The van der Waals surface area contributed by atoms with Crippen LogP contribution in [0.5, 0.6) is 0 Å². The number of hydrogen-bond donors (Lipinski definition) is 1. The van der Waals surface area contributed by atoms with E-state index in [1.54, 1.807) is 22.5 Å². The van der Waals surface area contributed by atoms with E-state index in [2.05, 4.69) is 6.26 Å². The Hall–Kier alpha value is -0.610. The van der Waals surface area contributed by atoms with Crippen LogP contribution in [0.3, 0.4) is 0 Å². The normalized spacial score (nSPS) is 10.5. The van der Waals surface area contributed by atoms with Crippen LogP contribution in [-0.2, 0) is 6.54 Å². The Morgan fingerprint density at radius 3 is 2.93 bits per heavy atom. The van der Waals surface area contributed by atoms with Gasteiger partial charge in [0.05, 0.1) is 5.02 Å². The molecule has 1 N–H and O–H groups in total. The van der Waals surface area contributed by atoms with Gasteiger partial charge in [-0.15, -0.1) is 0 Å². The molecule has 0 amide bonds. The van der Waals surface area contributed by atoms with Crippen LogP contribution in [0.4, 0.5) is 0 Å². The third kappa shape index (κ3) is 3.80. The predicted octanol–water partition coefficient (Wildman–Crippen LogP) is 2.98. The van der Waals surface area contributed by atoms with Crippen molar-refractivity contribution < 1.29 is 9.90 Å². The van der Waals surface area contributed by atoms with Gasteiger partial charge >= 0.3 is 5.97 Å². The van der Waals surface area contributed by atoms with Crippen LogP contribution in [0.15, 0.2) is 12.3 Å². The zero-order valence-electron chi connectivity index (χ0n) is 8.57. The number of carbonyl (C=O) groups is 1. The third-order valence-corrected chi connectivity index (χ3v) is 2.98. The molecular weight excluding hydrogens is 234 g/mol. The van der Waals surface area contributed by atoms with E-state index in [0.717, 1.165) is 25.1 Å². The highest BCUT2D eigenvalue weighted by molar-refractivity contribution is 7.98. The van der Waals surface area contributed by atoms with Crippen molar-refractivity contribution >= 4 is 29.3 Å². The Kier molecular flexibility index (Phi) is 5.05. The standard InChI is InChI=1S/C10H14ClNO2S/c1-15-5-3-2-4-12-7-8(11)6-9(12)10(13)14/h6-7H,2-5H2,1H3,(H,13,14). The first-order valence-corrected chi connectivity index (χ1v) is 6.50. The van der Waals surface area contributed by atoms with Crippen LogP contribution in [-0.4, -0.2) is 27.7 Å². The molecule has 0 aliphatic rings. The van der Waals surface area contributed by atoms with Crippen LogP contribution in [0.1, 0.15) is 23.3 Å². The van der Waals surface area contributed by atoms with Crippen molar-refractivity contribution in [3.05, 3.63) is 23.0 Å². The molecule has 1 heterocycles. The van der Waals surface area contributed by atoms with Crippen molar-refractivity contribution in [2.75, 3.05) is 12.0 Å². The van der Waals surface area contributed by atoms with Gasteiger partial charge in [-0.3, -0.25) is 0 Å². The quantitative estimate of drug-likeness (QED) is 0.786. The number of aromatic nitrogens is 1.